The molecule has 1 amide bonds. The lowest BCUT2D eigenvalue weighted by atomic mass is 9.95. The van der Waals surface area contributed by atoms with Gasteiger partial charge < -0.3 is 14.2 Å². The molecule has 2 aromatic rings. The van der Waals surface area contributed by atoms with Crippen molar-refractivity contribution < 1.29 is 9.53 Å². The Morgan fingerprint density at radius 2 is 2.00 bits per heavy atom. The molecule has 0 spiro atoms. The van der Waals surface area contributed by atoms with E-state index in [1.54, 1.807) is 6.33 Å². The first-order valence-corrected chi connectivity index (χ1v) is 8.63. The molecule has 0 saturated carbocycles. The molecule has 1 aromatic carbocycles. The molecule has 1 aliphatic rings. The van der Waals surface area contributed by atoms with E-state index in [-0.39, 0.29) is 5.91 Å². The Morgan fingerprint density at radius 3 is 2.71 bits per heavy atom. The summed E-state index contributed by atoms with van der Waals surface area (Å²) in [7, 11) is 0. The van der Waals surface area contributed by atoms with Crippen LogP contribution in [-0.2, 0) is 6.54 Å². The van der Waals surface area contributed by atoms with Gasteiger partial charge in [-0.2, -0.15) is 0 Å². The molecule has 0 aliphatic carbocycles. The number of benzene rings is 1. The van der Waals surface area contributed by atoms with E-state index >= 15 is 0 Å². The van der Waals surface area contributed by atoms with Crippen molar-refractivity contribution >= 4 is 5.91 Å². The van der Waals surface area contributed by atoms with Crippen LogP contribution >= 0.6 is 0 Å². The van der Waals surface area contributed by atoms with Crippen molar-refractivity contribution in [2.75, 3.05) is 19.7 Å². The van der Waals surface area contributed by atoms with Crippen LogP contribution in [0.5, 0.6) is 5.75 Å². The largest absolute Gasteiger partial charge is 0.493 e. The number of nitrogens with zero attached hydrogens (tertiary/aromatic N) is 4. The van der Waals surface area contributed by atoms with E-state index in [2.05, 4.69) is 21.7 Å². The number of aromatic nitrogens is 3. The first-order valence-electron chi connectivity index (χ1n) is 8.63. The molecule has 0 atom stereocenters. The minimum absolute atomic E-state index is 0.0504. The summed E-state index contributed by atoms with van der Waals surface area (Å²) < 4.78 is 7.68. The number of ether oxygens (including phenoxy) is 1. The van der Waals surface area contributed by atoms with E-state index in [1.807, 2.05) is 36.1 Å². The Balaban J connectivity index is 1.67. The maximum Gasteiger partial charge on any atom is 0.257 e. The van der Waals surface area contributed by atoms with Gasteiger partial charge in [0.25, 0.3) is 5.91 Å². The van der Waals surface area contributed by atoms with Gasteiger partial charge in [-0.25, -0.2) is 0 Å². The fourth-order valence-electron chi connectivity index (χ4n) is 3.26. The number of para-hydroxylation sites is 1. The third-order valence-electron chi connectivity index (χ3n) is 4.55. The molecule has 128 valence electrons. The first kappa shape index (κ1) is 16.5. The monoisotopic (exact) mass is 328 g/mol. The highest BCUT2D eigenvalue weighted by atomic mass is 16.5. The van der Waals surface area contributed by atoms with Crippen molar-refractivity contribution in [1.29, 1.82) is 0 Å². The maximum atomic E-state index is 12.8. The van der Waals surface area contributed by atoms with E-state index in [0.29, 0.717) is 23.8 Å². The lowest BCUT2D eigenvalue weighted by molar-refractivity contribution is 0.0706. The topological polar surface area (TPSA) is 60.2 Å². The third kappa shape index (κ3) is 3.27. The van der Waals surface area contributed by atoms with Crippen LogP contribution in [-0.4, -0.2) is 45.3 Å². The Kier molecular flexibility index (Phi) is 5.13. The van der Waals surface area contributed by atoms with Crippen molar-refractivity contribution in [3.8, 4) is 5.75 Å². The van der Waals surface area contributed by atoms with Gasteiger partial charge in [-0.05, 0) is 38.8 Å². The van der Waals surface area contributed by atoms with Gasteiger partial charge >= 0.3 is 0 Å². The van der Waals surface area contributed by atoms with Crippen LogP contribution in [0.25, 0.3) is 0 Å². The summed E-state index contributed by atoms with van der Waals surface area (Å²) in [4.78, 5) is 14.7. The number of likely N-dealkylation sites (tertiary alicyclic amines) is 1. The molecule has 0 unspecified atom stereocenters. The summed E-state index contributed by atoms with van der Waals surface area (Å²) in [6, 6.07) is 7.47. The summed E-state index contributed by atoms with van der Waals surface area (Å²) in [5.41, 5.74) is 0.648. The lowest BCUT2D eigenvalue weighted by Gasteiger charge is -2.32. The molecule has 0 bridgehead atoms. The highest BCUT2D eigenvalue weighted by molar-refractivity contribution is 5.97. The van der Waals surface area contributed by atoms with Gasteiger partial charge in [0.1, 0.15) is 17.9 Å². The van der Waals surface area contributed by atoms with Gasteiger partial charge in [0.05, 0.1) is 12.2 Å². The number of hydrogen-bond acceptors (Lipinski definition) is 4. The van der Waals surface area contributed by atoms with Gasteiger partial charge in [-0.3, -0.25) is 4.79 Å². The molecule has 6 nitrogen and oxygen atoms in total. The Hall–Kier alpha value is -2.37. The number of aryl methyl sites for hydroxylation is 1. The average molecular weight is 328 g/mol. The molecular weight excluding hydrogens is 304 g/mol. The first-order chi connectivity index (χ1) is 11.7. The molecule has 1 aliphatic heterocycles. The zero-order chi connectivity index (χ0) is 16.9. The minimum atomic E-state index is 0.0504. The summed E-state index contributed by atoms with van der Waals surface area (Å²) >= 11 is 0. The highest BCUT2D eigenvalue weighted by Gasteiger charge is 2.28. The van der Waals surface area contributed by atoms with Crippen molar-refractivity contribution in [2.24, 2.45) is 0 Å². The standard InChI is InChI=1S/C18H24N4O2/c1-3-21-13-19-20-17(21)14-9-11-22(12-10-14)18(23)15-7-5-6-8-16(15)24-4-2/h5-8,13-14H,3-4,9-12H2,1-2H3. The van der Waals surface area contributed by atoms with Crippen LogP contribution in [0.1, 0.15) is 48.8 Å². The second-order valence-electron chi connectivity index (χ2n) is 5.97. The second-order valence-corrected chi connectivity index (χ2v) is 5.97. The SMILES string of the molecule is CCOc1ccccc1C(=O)N1CCC(c2nncn2CC)CC1. The van der Waals surface area contributed by atoms with Crippen LogP contribution in [0.3, 0.4) is 0 Å². The molecule has 3 rings (SSSR count). The molecule has 2 heterocycles. The number of carbonyl (C=O) groups excluding carboxylic acids is 1. The Bertz CT molecular complexity index is 690. The van der Waals surface area contributed by atoms with E-state index in [4.69, 9.17) is 4.74 Å². The Morgan fingerprint density at radius 1 is 1.25 bits per heavy atom. The van der Waals surface area contributed by atoms with E-state index in [9.17, 15) is 4.79 Å². The van der Waals surface area contributed by atoms with Crippen molar-refractivity contribution in [2.45, 2.75) is 39.2 Å². The maximum absolute atomic E-state index is 12.8. The zero-order valence-electron chi connectivity index (χ0n) is 14.3. The van der Waals surface area contributed by atoms with Crippen LogP contribution in [0.15, 0.2) is 30.6 Å². The predicted molar refractivity (Wildman–Crippen MR) is 91.2 cm³/mol. The minimum Gasteiger partial charge on any atom is -0.493 e. The number of hydrogen-bond donors (Lipinski definition) is 0. The van der Waals surface area contributed by atoms with E-state index < -0.39 is 0 Å². The number of rotatable bonds is 5. The fourth-order valence-corrected chi connectivity index (χ4v) is 3.26. The summed E-state index contributed by atoms with van der Waals surface area (Å²) in [5.74, 6) is 2.13. The van der Waals surface area contributed by atoms with Gasteiger partial charge in [0, 0.05) is 25.6 Å². The fraction of sp³-hybridized carbons (Fsp3) is 0.500. The van der Waals surface area contributed by atoms with Gasteiger partial charge in [0.2, 0.25) is 0 Å². The van der Waals surface area contributed by atoms with E-state index in [1.165, 1.54) is 0 Å². The van der Waals surface area contributed by atoms with Gasteiger partial charge in [0.15, 0.2) is 0 Å². The van der Waals surface area contributed by atoms with Crippen molar-refractivity contribution in [1.82, 2.24) is 19.7 Å². The van der Waals surface area contributed by atoms with Crippen LogP contribution in [0.4, 0.5) is 0 Å². The molecule has 0 radical (unpaired) electrons. The molecular formula is C18H24N4O2. The Labute approximate surface area is 142 Å². The van der Waals surface area contributed by atoms with Crippen LogP contribution < -0.4 is 4.74 Å². The molecule has 6 heteroatoms. The molecule has 1 saturated heterocycles. The smallest absolute Gasteiger partial charge is 0.257 e. The third-order valence-corrected chi connectivity index (χ3v) is 4.55. The highest BCUT2D eigenvalue weighted by Crippen LogP contribution is 2.28. The number of carbonyl (C=O) groups is 1. The molecule has 1 aromatic heterocycles. The lowest BCUT2D eigenvalue weighted by Crippen LogP contribution is -2.38. The van der Waals surface area contributed by atoms with Crippen molar-refractivity contribution in [3.63, 3.8) is 0 Å². The van der Waals surface area contributed by atoms with E-state index in [0.717, 1.165) is 38.3 Å². The normalized spacial score (nSPS) is 15.5. The number of amides is 1. The van der Waals surface area contributed by atoms with Crippen LogP contribution in [0, 0.1) is 0 Å². The molecule has 24 heavy (non-hydrogen) atoms. The van der Waals surface area contributed by atoms with Crippen molar-refractivity contribution in [3.05, 3.63) is 42.0 Å². The average Bonchev–Trinajstić information content (AvgIpc) is 3.11. The summed E-state index contributed by atoms with van der Waals surface area (Å²) in [6.45, 7) is 6.93. The number of piperidine rings is 1. The van der Waals surface area contributed by atoms with Gasteiger partial charge in [-0.15, -0.1) is 10.2 Å². The van der Waals surface area contributed by atoms with Crippen LogP contribution in [0.2, 0.25) is 0 Å². The summed E-state index contributed by atoms with van der Waals surface area (Å²) in [6.07, 6.45) is 3.62. The molecule has 0 N–H and O–H groups in total. The zero-order valence-corrected chi connectivity index (χ0v) is 14.3. The molecule has 1 fully saturated rings. The quantitative estimate of drug-likeness (QED) is 0.847. The second kappa shape index (κ2) is 7.47. The summed E-state index contributed by atoms with van der Waals surface area (Å²) in [5, 5.41) is 8.28. The van der Waals surface area contributed by atoms with Gasteiger partial charge in [-0.1, -0.05) is 12.1 Å². The predicted octanol–water partition coefficient (Wildman–Crippen LogP) is 2.72.